The second kappa shape index (κ2) is 2.92. The number of rotatable bonds is 1. The number of hydrogen-bond acceptors (Lipinski definition) is 3. The van der Waals surface area contributed by atoms with E-state index in [0.717, 1.165) is 4.68 Å². The summed E-state index contributed by atoms with van der Waals surface area (Å²) in [7, 11) is 2.69. The molecular formula is C7H9FN2O2. The minimum atomic E-state index is -0.712. The van der Waals surface area contributed by atoms with Crippen LogP contribution in [0.25, 0.3) is 0 Å². The molecule has 1 aromatic heterocycles. The molecular weight excluding hydrogens is 163 g/mol. The van der Waals surface area contributed by atoms with Crippen LogP contribution < -0.4 is 0 Å². The van der Waals surface area contributed by atoms with Gasteiger partial charge < -0.3 is 4.74 Å². The van der Waals surface area contributed by atoms with Gasteiger partial charge in [-0.3, -0.25) is 4.68 Å². The number of aryl methyl sites for hydroxylation is 2. The Morgan fingerprint density at radius 1 is 1.67 bits per heavy atom. The van der Waals surface area contributed by atoms with E-state index in [9.17, 15) is 9.18 Å². The zero-order chi connectivity index (χ0) is 9.30. The van der Waals surface area contributed by atoms with Crippen LogP contribution in [0.1, 0.15) is 16.2 Å². The van der Waals surface area contributed by atoms with Gasteiger partial charge in [-0.1, -0.05) is 0 Å². The number of ether oxygens (including phenoxy) is 1. The topological polar surface area (TPSA) is 44.1 Å². The predicted octanol–water partition coefficient (Wildman–Crippen LogP) is 0.654. The molecule has 0 spiro atoms. The van der Waals surface area contributed by atoms with Crippen molar-refractivity contribution in [2.45, 2.75) is 6.92 Å². The molecule has 0 unspecified atom stereocenters. The van der Waals surface area contributed by atoms with Crippen molar-refractivity contribution in [2.75, 3.05) is 7.11 Å². The third kappa shape index (κ3) is 1.17. The van der Waals surface area contributed by atoms with Gasteiger partial charge in [-0.25, -0.2) is 9.18 Å². The van der Waals surface area contributed by atoms with Crippen molar-refractivity contribution in [3.05, 3.63) is 17.2 Å². The largest absolute Gasteiger partial charge is 0.464 e. The first-order valence-electron chi connectivity index (χ1n) is 3.35. The van der Waals surface area contributed by atoms with Crippen molar-refractivity contribution >= 4 is 5.97 Å². The van der Waals surface area contributed by atoms with Crippen molar-refractivity contribution < 1.29 is 13.9 Å². The van der Waals surface area contributed by atoms with Crippen LogP contribution in [-0.2, 0) is 11.8 Å². The number of methoxy groups -OCH3 is 1. The Bertz CT molecular complexity index is 319. The molecule has 0 aliphatic rings. The van der Waals surface area contributed by atoms with E-state index >= 15 is 0 Å². The molecule has 0 atom stereocenters. The third-order valence-corrected chi connectivity index (χ3v) is 1.53. The van der Waals surface area contributed by atoms with Gasteiger partial charge in [0.25, 0.3) is 0 Å². The summed E-state index contributed by atoms with van der Waals surface area (Å²) in [5, 5.41) is 3.72. The van der Waals surface area contributed by atoms with Crippen LogP contribution in [-0.4, -0.2) is 22.9 Å². The maximum atomic E-state index is 13.1. The monoisotopic (exact) mass is 172 g/mol. The second-order valence-corrected chi connectivity index (χ2v) is 2.36. The van der Waals surface area contributed by atoms with Crippen LogP contribution >= 0.6 is 0 Å². The number of carbonyl (C=O) groups excluding carboxylic acids is 1. The third-order valence-electron chi connectivity index (χ3n) is 1.53. The molecule has 0 radical (unpaired) electrons. The highest BCUT2D eigenvalue weighted by Crippen LogP contribution is 2.10. The smallest absolute Gasteiger partial charge is 0.359 e. The summed E-state index contributed by atoms with van der Waals surface area (Å²) in [5.41, 5.74) is 0.0490. The Morgan fingerprint density at radius 2 is 2.25 bits per heavy atom. The molecule has 0 N–H and O–H groups in total. The van der Waals surface area contributed by atoms with Crippen LogP contribution in [0, 0.1) is 12.7 Å². The lowest BCUT2D eigenvalue weighted by molar-refractivity contribution is 0.0583. The molecule has 1 aromatic rings. The average molecular weight is 172 g/mol. The zero-order valence-electron chi connectivity index (χ0n) is 7.09. The van der Waals surface area contributed by atoms with E-state index in [-0.39, 0.29) is 11.4 Å². The minimum Gasteiger partial charge on any atom is -0.464 e. The Kier molecular flexibility index (Phi) is 2.12. The van der Waals surface area contributed by atoms with Gasteiger partial charge in [-0.15, -0.1) is 0 Å². The van der Waals surface area contributed by atoms with E-state index in [4.69, 9.17) is 0 Å². The number of hydrogen-bond donors (Lipinski definition) is 0. The summed E-state index contributed by atoms with van der Waals surface area (Å²) in [6.45, 7) is 1.49. The first-order chi connectivity index (χ1) is 5.57. The molecule has 0 aliphatic carbocycles. The molecule has 0 saturated carbocycles. The quantitative estimate of drug-likeness (QED) is 0.584. The lowest BCUT2D eigenvalue weighted by Gasteiger charge is -1.97. The Balaban J connectivity index is 3.22. The molecule has 66 valence electrons. The maximum absolute atomic E-state index is 13.1. The summed E-state index contributed by atoms with van der Waals surface area (Å²) in [5.74, 6) is -1.33. The van der Waals surface area contributed by atoms with Gasteiger partial charge in [0.05, 0.1) is 12.8 Å². The number of esters is 1. The van der Waals surface area contributed by atoms with Gasteiger partial charge in [0.15, 0.2) is 11.5 Å². The molecule has 4 nitrogen and oxygen atoms in total. The highest BCUT2D eigenvalue weighted by atomic mass is 19.1. The van der Waals surface area contributed by atoms with Crippen molar-refractivity contribution in [1.29, 1.82) is 0 Å². The van der Waals surface area contributed by atoms with Crippen LogP contribution in [0.2, 0.25) is 0 Å². The molecule has 0 saturated heterocycles. The van der Waals surface area contributed by atoms with Gasteiger partial charge in [0.1, 0.15) is 0 Å². The van der Waals surface area contributed by atoms with E-state index in [1.165, 1.54) is 21.1 Å². The van der Waals surface area contributed by atoms with Crippen LogP contribution in [0.15, 0.2) is 0 Å². The van der Waals surface area contributed by atoms with Gasteiger partial charge in [-0.05, 0) is 6.92 Å². The molecule has 0 fully saturated rings. The van der Waals surface area contributed by atoms with Crippen LogP contribution in [0.5, 0.6) is 0 Å². The molecule has 5 heteroatoms. The number of aromatic nitrogens is 2. The zero-order valence-corrected chi connectivity index (χ0v) is 7.09. The average Bonchev–Trinajstić information content (AvgIpc) is 2.26. The van der Waals surface area contributed by atoms with Crippen molar-refractivity contribution in [1.82, 2.24) is 9.78 Å². The first kappa shape index (κ1) is 8.70. The molecule has 0 amide bonds. The van der Waals surface area contributed by atoms with Crippen molar-refractivity contribution in [3.63, 3.8) is 0 Å². The Morgan fingerprint density at radius 3 is 2.58 bits per heavy atom. The maximum Gasteiger partial charge on any atom is 0.359 e. The lowest BCUT2D eigenvalue weighted by atomic mass is 10.3. The van der Waals surface area contributed by atoms with Gasteiger partial charge in [0, 0.05) is 7.05 Å². The summed E-state index contributed by atoms with van der Waals surface area (Å²) >= 11 is 0. The number of carbonyl (C=O) groups is 1. The second-order valence-electron chi connectivity index (χ2n) is 2.36. The summed E-state index contributed by atoms with van der Waals surface area (Å²) in [6, 6.07) is 0. The Hall–Kier alpha value is -1.39. The molecule has 1 rings (SSSR count). The SMILES string of the molecule is COC(=O)c1c(F)c(C)nn1C. The fraction of sp³-hybridized carbons (Fsp3) is 0.429. The minimum absolute atomic E-state index is 0.144. The molecule has 0 aliphatic heterocycles. The van der Waals surface area contributed by atoms with E-state index in [0.29, 0.717) is 0 Å². The normalized spacial score (nSPS) is 10.0. The fourth-order valence-corrected chi connectivity index (χ4v) is 0.951. The summed E-state index contributed by atoms with van der Waals surface area (Å²) < 4.78 is 18.6. The lowest BCUT2D eigenvalue weighted by Crippen LogP contribution is -2.09. The van der Waals surface area contributed by atoms with Crippen molar-refractivity contribution in [2.24, 2.45) is 7.05 Å². The van der Waals surface area contributed by atoms with E-state index in [1.807, 2.05) is 0 Å². The summed E-state index contributed by atoms with van der Waals surface area (Å²) in [6.07, 6.45) is 0. The molecule has 0 aromatic carbocycles. The fourth-order valence-electron chi connectivity index (χ4n) is 0.951. The van der Waals surface area contributed by atoms with Crippen molar-refractivity contribution in [3.8, 4) is 0 Å². The van der Waals surface area contributed by atoms with Gasteiger partial charge in [0.2, 0.25) is 0 Å². The highest BCUT2D eigenvalue weighted by molar-refractivity contribution is 5.87. The predicted molar refractivity (Wildman–Crippen MR) is 39.2 cm³/mol. The Labute approximate surface area is 68.9 Å². The van der Waals surface area contributed by atoms with E-state index in [1.54, 1.807) is 0 Å². The standard InChI is InChI=1S/C7H9FN2O2/c1-4-5(8)6(7(11)12-3)10(2)9-4/h1-3H3. The van der Waals surface area contributed by atoms with Gasteiger partial charge >= 0.3 is 5.97 Å². The van der Waals surface area contributed by atoms with Crippen LogP contribution in [0.4, 0.5) is 4.39 Å². The number of nitrogens with zero attached hydrogens (tertiary/aromatic N) is 2. The summed E-state index contributed by atoms with van der Waals surface area (Å²) in [4.78, 5) is 10.9. The molecule has 1 heterocycles. The van der Waals surface area contributed by atoms with E-state index < -0.39 is 11.8 Å². The molecule has 12 heavy (non-hydrogen) atoms. The van der Waals surface area contributed by atoms with Crippen LogP contribution in [0.3, 0.4) is 0 Å². The van der Waals surface area contributed by atoms with E-state index in [2.05, 4.69) is 9.84 Å². The number of halogens is 1. The van der Waals surface area contributed by atoms with Gasteiger partial charge in [-0.2, -0.15) is 5.10 Å². The molecule has 0 bridgehead atoms. The first-order valence-corrected chi connectivity index (χ1v) is 3.35. The highest BCUT2D eigenvalue weighted by Gasteiger charge is 2.20.